The molecule has 0 aromatic carbocycles. The normalized spacial score (nSPS) is 29.6. The SMILES string of the molecule is Nc1nc(=S)c2ncn([C@@H]3O[C@H](CO)C(O)[C@]3(Cl)C#CCF)c2[nH]1. The number of aliphatic hydroxyl groups is 2. The zero-order valence-electron chi connectivity index (χ0n) is 12.1. The molecule has 1 aliphatic heterocycles. The number of nitrogens with one attached hydrogen (secondary N) is 1. The number of aromatic nitrogens is 4. The predicted octanol–water partition coefficient (Wildman–Crippen LogP) is 0.272. The van der Waals surface area contributed by atoms with Crippen LogP contribution in [0.5, 0.6) is 0 Å². The highest BCUT2D eigenvalue weighted by atomic mass is 35.5. The summed E-state index contributed by atoms with van der Waals surface area (Å²) in [7, 11) is 0. The van der Waals surface area contributed by atoms with E-state index in [2.05, 4.69) is 26.8 Å². The number of hydrogen-bond donors (Lipinski definition) is 4. The molecule has 1 saturated heterocycles. The fourth-order valence-corrected chi connectivity index (χ4v) is 3.21. The zero-order chi connectivity index (χ0) is 17.5. The van der Waals surface area contributed by atoms with Gasteiger partial charge < -0.3 is 25.7 Å². The average Bonchev–Trinajstić information content (AvgIpc) is 3.06. The molecule has 0 aliphatic carbocycles. The van der Waals surface area contributed by atoms with Gasteiger partial charge in [-0.3, -0.25) is 4.57 Å². The van der Waals surface area contributed by atoms with Crippen molar-refractivity contribution in [2.75, 3.05) is 19.0 Å². The van der Waals surface area contributed by atoms with Crippen LogP contribution >= 0.6 is 23.8 Å². The van der Waals surface area contributed by atoms with Crippen molar-refractivity contribution >= 4 is 40.9 Å². The minimum atomic E-state index is -1.69. The summed E-state index contributed by atoms with van der Waals surface area (Å²) >= 11 is 11.5. The van der Waals surface area contributed by atoms with Crippen LogP contribution in [-0.2, 0) is 4.74 Å². The van der Waals surface area contributed by atoms with Gasteiger partial charge in [0.05, 0.1) is 12.9 Å². The van der Waals surface area contributed by atoms with Crippen molar-refractivity contribution < 1.29 is 19.3 Å². The lowest BCUT2D eigenvalue weighted by molar-refractivity contribution is -0.0436. The number of nitrogens with two attached hydrogens (primary N) is 1. The number of alkyl halides is 2. The average molecular weight is 374 g/mol. The summed E-state index contributed by atoms with van der Waals surface area (Å²) in [5, 5.41) is 19.7. The van der Waals surface area contributed by atoms with Crippen LogP contribution in [0.15, 0.2) is 6.33 Å². The predicted molar refractivity (Wildman–Crippen MR) is 86.5 cm³/mol. The van der Waals surface area contributed by atoms with E-state index in [1.165, 1.54) is 10.9 Å². The number of nitrogens with zero attached hydrogens (tertiary/aromatic N) is 3. The molecule has 1 fully saturated rings. The molecule has 0 amide bonds. The lowest BCUT2D eigenvalue weighted by Gasteiger charge is -2.25. The van der Waals surface area contributed by atoms with Gasteiger partial charge in [0.1, 0.15) is 30.0 Å². The second-order valence-electron chi connectivity index (χ2n) is 5.13. The molecule has 2 aromatic heterocycles. The smallest absolute Gasteiger partial charge is 0.200 e. The van der Waals surface area contributed by atoms with Gasteiger partial charge in [0, 0.05) is 0 Å². The number of hydrogen-bond acceptors (Lipinski definition) is 7. The maximum atomic E-state index is 12.5. The van der Waals surface area contributed by atoms with E-state index in [0.717, 1.165) is 0 Å². The number of imidazole rings is 1. The standard InChI is InChI=1S/C13H13ClFN5O3S/c14-13(2-1-3-15)8(22)6(4-21)23-11(13)20-5-17-7-9(20)18-12(16)19-10(7)24/h5-6,8,11,21-22H,3-4H2,(H3,16,18,19,24)/t6-,8?,11-,13-/m1/s1. The Bertz CT molecular complexity index is 893. The van der Waals surface area contributed by atoms with Crippen LogP contribution in [0.1, 0.15) is 6.23 Å². The third-order valence-electron chi connectivity index (χ3n) is 3.69. The number of anilines is 1. The Labute approximate surface area is 145 Å². The third kappa shape index (κ3) is 2.54. The summed E-state index contributed by atoms with van der Waals surface area (Å²) in [4.78, 5) is 9.12. The summed E-state index contributed by atoms with van der Waals surface area (Å²) in [6.07, 6.45) is -2.06. The monoisotopic (exact) mass is 373 g/mol. The van der Waals surface area contributed by atoms with E-state index in [1.807, 2.05) is 0 Å². The molecule has 8 nitrogen and oxygen atoms in total. The van der Waals surface area contributed by atoms with Gasteiger partial charge in [-0.2, -0.15) is 0 Å². The minimum absolute atomic E-state index is 0.0570. The number of nitrogen functional groups attached to an aromatic ring is 1. The van der Waals surface area contributed by atoms with Crippen molar-refractivity contribution in [2.24, 2.45) is 0 Å². The Morgan fingerprint density at radius 2 is 2.38 bits per heavy atom. The van der Waals surface area contributed by atoms with Gasteiger partial charge in [-0.05, 0) is 0 Å². The fourth-order valence-electron chi connectivity index (χ4n) is 2.60. The van der Waals surface area contributed by atoms with Crippen LogP contribution < -0.4 is 5.73 Å². The van der Waals surface area contributed by atoms with Crippen molar-refractivity contribution in [1.29, 1.82) is 0 Å². The summed E-state index contributed by atoms with van der Waals surface area (Å²) in [6, 6.07) is 0. The van der Waals surface area contributed by atoms with Gasteiger partial charge >= 0.3 is 0 Å². The number of aromatic amines is 1. The van der Waals surface area contributed by atoms with Crippen LogP contribution in [-0.4, -0.2) is 60.1 Å². The molecule has 3 heterocycles. The number of H-pyrrole nitrogens is 1. The first-order chi connectivity index (χ1) is 11.4. The minimum Gasteiger partial charge on any atom is -0.394 e. The van der Waals surface area contributed by atoms with Gasteiger partial charge in [-0.25, -0.2) is 14.4 Å². The Balaban J connectivity index is 2.18. The maximum absolute atomic E-state index is 12.5. The van der Waals surface area contributed by atoms with Crippen LogP contribution in [0.4, 0.5) is 10.3 Å². The van der Waals surface area contributed by atoms with E-state index in [0.29, 0.717) is 11.2 Å². The van der Waals surface area contributed by atoms with Crippen molar-refractivity contribution in [3.05, 3.63) is 11.0 Å². The van der Waals surface area contributed by atoms with Crippen LogP contribution in [0.2, 0.25) is 0 Å². The third-order valence-corrected chi connectivity index (χ3v) is 4.48. The molecule has 0 bridgehead atoms. The Morgan fingerprint density at radius 3 is 3.04 bits per heavy atom. The highest BCUT2D eigenvalue weighted by Gasteiger charge is 2.55. The van der Waals surface area contributed by atoms with Crippen molar-refractivity contribution in [1.82, 2.24) is 19.5 Å². The first-order valence-corrected chi connectivity index (χ1v) is 7.62. The first-order valence-electron chi connectivity index (χ1n) is 6.84. The molecule has 1 unspecified atom stereocenters. The molecule has 3 rings (SSSR count). The summed E-state index contributed by atoms with van der Waals surface area (Å²) < 4.78 is 19.7. The Kier molecular flexibility index (Phi) is 4.46. The number of rotatable bonds is 2. The van der Waals surface area contributed by atoms with E-state index in [9.17, 15) is 14.6 Å². The number of halogens is 2. The lowest BCUT2D eigenvalue weighted by Crippen LogP contribution is -2.41. The van der Waals surface area contributed by atoms with E-state index in [1.54, 1.807) is 0 Å². The molecule has 128 valence electrons. The molecule has 4 atom stereocenters. The van der Waals surface area contributed by atoms with Crippen LogP contribution in [0.25, 0.3) is 11.2 Å². The second kappa shape index (κ2) is 6.27. The molecule has 0 radical (unpaired) electrons. The summed E-state index contributed by atoms with van der Waals surface area (Å²) in [5.74, 6) is 4.73. The molecular weight excluding hydrogens is 361 g/mol. The fraction of sp³-hybridized carbons (Fsp3) is 0.462. The molecule has 2 aromatic rings. The van der Waals surface area contributed by atoms with Crippen LogP contribution in [0, 0.1) is 16.5 Å². The highest BCUT2D eigenvalue weighted by molar-refractivity contribution is 7.71. The summed E-state index contributed by atoms with van der Waals surface area (Å²) in [6.45, 7) is -1.43. The van der Waals surface area contributed by atoms with Crippen molar-refractivity contribution in [3.8, 4) is 11.8 Å². The molecular formula is C13H13ClFN5O3S. The summed E-state index contributed by atoms with van der Waals surface area (Å²) in [5.41, 5.74) is 6.37. The second-order valence-corrected chi connectivity index (χ2v) is 6.15. The van der Waals surface area contributed by atoms with Gasteiger partial charge in [0.2, 0.25) is 0 Å². The van der Waals surface area contributed by atoms with Gasteiger partial charge in [0.25, 0.3) is 0 Å². The Hall–Kier alpha value is -1.77. The number of ether oxygens (including phenoxy) is 1. The molecule has 11 heteroatoms. The molecule has 5 N–H and O–H groups in total. The molecule has 0 spiro atoms. The highest BCUT2D eigenvalue weighted by Crippen LogP contribution is 2.44. The van der Waals surface area contributed by atoms with Crippen molar-refractivity contribution in [3.63, 3.8) is 0 Å². The lowest BCUT2D eigenvalue weighted by atomic mass is 9.99. The number of aliphatic hydroxyl groups excluding tert-OH is 2. The largest absolute Gasteiger partial charge is 0.394 e. The zero-order valence-corrected chi connectivity index (χ0v) is 13.7. The number of fused-ring (bicyclic) bond motifs is 1. The van der Waals surface area contributed by atoms with Gasteiger partial charge in [-0.15, -0.1) is 0 Å². The van der Waals surface area contributed by atoms with E-state index in [-0.39, 0.29) is 10.6 Å². The van der Waals surface area contributed by atoms with Gasteiger partial charge in [-0.1, -0.05) is 35.7 Å². The van der Waals surface area contributed by atoms with E-state index >= 15 is 0 Å². The van der Waals surface area contributed by atoms with Crippen LogP contribution in [0.3, 0.4) is 0 Å². The molecule has 0 saturated carbocycles. The van der Waals surface area contributed by atoms with E-state index < -0.39 is 36.6 Å². The molecule has 1 aliphatic rings. The quantitative estimate of drug-likeness (QED) is 0.338. The first kappa shape index (κ1) is 17.1. The van der Waals surface area contributed by atoms with Crippen molar-refractivity contribution in [2.45, 2.75) is 23.3 Å². The molecule has 24 heavy (non-hydrogen) atoms. The maximum Gasteiger partial charge on any atom is 0.200 e. The topological polar surface area (TPSA) is 122 Å². The Morgan fingerprint density at radius 1 is 1.62 bits per heavy atom. The van der Waals surface area contributed by atoms with E-state index in [4.69, 9.17) is 34.3 Å². The van der Waals surface area contributed by atoms with Gasteiger partial charge in [0.15, 0.2) is 21.7 Å².